The number of carbonyl (C=O) groups excluding carboxylic acids is 1. The number of rotatable bonds is 4. The molecule has 0 atom stereocenters. The number of aryl methyl sites for hydroxylation is 3. The molecule has 0 saturated carbocycles. The summed E-state index contributed by atoms with van der Waals surface area (Å²) < 4.78 is 11.2. The molecule has 2 heterocycles. The van der Waals surface area contributed by atoms with Gasteiger partial charge in [0.1, 0.15) is 0 Å². The van der Waals surface area contributed by atoms with Gasteiger partial charge in [-0.3, -0.25) is 4.79 Å². The van der Waals surface area contributed by atoms with Crippen molar-refractivity contribution in [2.24, 2.45) is 5.92 Å². The smallest absolute Gasteiger partial charge is 0.222 e. The van der Waals surface area contributed by atoms with Crippen molar-refractivity contribution in [1.29, 1.82) is 0 Å². The Morgan fingerprint density at radius 2 is 1.87 bits per heavy atom. The van der Waals surface area contributed by atoms with Gasteiger partial charge in [-0.05, 0) is 44.2 Å². The van der Waals surface area contributed by atoms with E-state index in [4.69, 9.17) is 9.47 Å². The maximum atomic E-state index is 12.4. The number of hydrogen-bond acceptors (Lipinski definition) is 3. The maximum absolute atomic E-state index is 12.4. The van der Waals surface area contributed by atoms with Crippen LogP contribution in [0.25, 0.3) is 0 Å². The minimum absolute atomic E-state index is 0.0394. The molecule has 0 radical (unpaired) electrons. The third-order valence-electron chi connectivity index (χ3n) is 5.03. The van der Waals surface area contributed by atoms with Crippen LogP contribution in [-0.4, -0.2) is 43.4 Å². The van der Waals surface area contributed by atoms with Gasteiger partial charge >= 0.3 is 0 Å². The fraction of sp³-hybridized carbons (Fsp3) is 0.632. The lowest BCUT2D eigenvalue weighted by atomic mass is 9.95. The molecule has 0 aliphatic carbocycles. The third kappa shape index (κ3) is 4.12. The second-order valence-electron chi connectivity index (χ2n) is 6.76. The van der Waals surface area contributed by atoms with Gasteiger partial charge in [0.2, 0.25) is 5.91 Å². The summed E-state index contributed by atoms with van der Waals surface area (Å²) in [7, 11) is 0. The van der Waals surface area contributed by atoms with Gasteiger partial charge < -0.3 is 14.4 Å². The Bertz CT molecular complexity index is 544. The average molecular weight is 317 g/mol. The Hall–Kier alpha value is -1.39. The molecule has 2 aliphatic heterocycles. The Balaban J connectivity index is 1.46. The molecule has 2 fully saturated rings. The zero-order valence-corrected chi connectivity index (χ0v) is 14.2. The number of ether oxygens (including phenoxy) is 2. The number of benzene rings is 1. The first kappa shape index (κ1) is 16.5. The van der Waals surface area contributed by atoms with E-state index >= 15 is 0 Å². The molecule has 0 spiro atoms. The van der Waals surface area contributed by atoms with Crippen molar-refractivity contribution in [2.75, 3.05) is 26.3 Å². The van der Waals surface area contributed by atoms with Crippen molar-refractivity contribution in [1.82, 2.24) is 4.90 Å². The molecule has 4 heteroatoms. The van der Waals surface area contributed by atoms with Gasteiger partial charge in [0.25, 0.3) is 0 Å². The summed E-state index contributed by atoms with van der Waals surface area (Å²) in [6.45, 7) is 7.31. The summed E-state index contributed by atoms with van der Waals surface area (Å²) in [6, 6.07) is 6.46. The minimum Gasteiger partial charge on any atom is -0.350 e. The number of hydrogen-bond donors (Lipinski definition) is 0. The molecule has 0 unspecified atom stereocenters. The quantitative estimate of drug-likeness (QED) is 0.857. The summed E-state index contributed by atoms with van der Waals surface area (Å²) in [5, 5.41) is 0. The Labute approximate surface area is 138 Å². The van der Waals surface area contributed by atoms with Crippen molar-refractivity contribution in [2.45, 2.75) is 45.8 Å². The van der Waals surface area contributed by atoms with E-state index < -0.39 is 0 Å². The van der Waals surface area contributed by atoms with Gasteiger partial charge in [0.15, 0.2) is 6.29 Å². The van der Waals surface area contributed by atoms with Gasteiger partial charge in [-0.15, -0.1) is 0 Å². The number of likely N-dealkylation sites (tertiary alicyclic amines) is 1. The number of carbonyl (C=O) groups is 1. The Morgan fingerprint density at radius 1 is 1.17 bits per heavy atom. The van der Waals surface area contributed by atoms with E-state index in [2.05, 4.69) is 32.0 Å². The van der Waals surface area contributed by atoms with Crippen LogP contribution >= 0.6 is 0 Å². The fourth-order valence-electron chi connectivity index (χ4n) is 3.60. The molecule has 1 aromatic carbocycles. The molecule has 23 heavy (non-hydrogen) atoms. The van der Waals surface area contributed by atoms with Crippen molar-refractivity contribution < 1.29 is 14.3 Å². The predicted molar refractivity (Wildman–Crippen MR) is 89.2 cm³/mol. The maximum Gasteiger partial charge on any atom is 0.222 e. The zero-order chi connectivity index (χ0) is 16.2. The number of amides is 1. The van der Waals surface area contributed by atoms with E-state index in [-0.39, 0.29) is 12.2 Å². The molecule has 0 bridgehead atoms. The molecule has 1 aromatic rings. The lowest BCUT2D eigenvalue weighted by Crippen LogP contribution is -2.41. The Morgan fingerprint density at radius 3 is 2.52 bits per heavy atom. The van der Waals surface area contributed by atoms with Gasteiger partial charge in [-0.1, -0.05) is 23.8 Å². The van der Waals surface area contributed by atoms with Gasteiger partial charge in [0.05, 0.1) is 13.2 Å². The lowest BCUT2D eigenvalue weighted by molar-refractivity contribution is -0.136. The van der Waals surface area contributed by atoms with E-state index in [0.717, 1.165) is 32.4 Å². The van der Waals surface area contributed by atoms with Crippen molar-refractivity contribution in [3.8, 4) is 0 Å². The topological polar surface area (TPSA) is 38.8 Å². The molecule has 0 aromatic heterocycles. The predicted octanol–water partition coefficient (Wildman–Crippen LogP) is 2.85. The first-order chi connectivity index (χ1) is 11.1. The first-order valence-electron chi connectivity index (χ1n) is 8.70. The molecule has 0 N–H and O–H groups in total. The van der Waals surface area contributed by atoms with Gasteiger partial charge in [0, 0.05) is 25.4 Å². The monoisotopic (exact) mass is 317 g/mol. The van der Waals surface area contributed by atoms with Crippen LogP contribution in [-0.2, 0) is 20.7 Å². The van der Waals surface area contributed by atoms with Crippen LogP contribution in [0.15, 0.2) is 18.2 Å². The number of nitrogens with zero attached hydrogens (tertiary/aromatic N) is 1. The molecule has 3 rings (SSSR count). The standard InChI is InChI=1S/C19H27NO3/c1-14-3-4-16(15(2)13-14)5-6-18(21)20-9-7-17(8-10-20)19-22-11-12-23-19/h3-4,13,17,19H,5-12H2,1-2H3. The van der Waals surface area contributed by atoms with Crippen LogP contribution in [0.2, 0.25) is 0 Å². The van der Waals surface area contributed by atoms with E-state index in [1.165, 1.54) is 16.7 Å². The van der Waals surface area contributed by atoms with Crippen LogP contribution in [0, 0.1) is 19.8 Å². The van der Waals surface area contributed by atoms with E-state index in [1.54, 1.807) is 0 Å². The normalized spacial score (nSPS) is 20.2. The van der Waals surface area contributed by atoms with E-state index in [0.29, 0.717) is 25.6 Å². The molecular weight excluding hydrogens is 290 g/mol. The zero-order valence-electron chi connectivity index (χ0n) is 14.2. The highest BCUT2D eigenvalue weighted by Gasteiger charge is 2.31. The third-order valence-corrected chi connectivity index (χ3v) is 5.03. The average Bonchev–Trinajstić information content (AvgIpc) is 3.08. The van der Waals surface area contributed by atoms with E-state index in [1.807, 2.05) is 4.90 Å². The molecule has 1 amide bonds. The molecule has 4 nitrogen and oxygen atoms in total. The molecular formula is C19H27NO3. The van der Waals surface area contributed by atoms with Crippen LogP contribution in [0.5, 0.6) is 0 Å². The molecule has 126 valence electrons. The Kier molecular flexibility index (Phi) is 5.34. The molecule has 2 aliphatic rings. The van der Waals surface area contributed by atoms with Crippen LogP contribution < -0.4 is 0 Å². The van der Waals surface area contributed by atoms with Crippen molar-refractivity contribution in [3.63, 3.8) is 0 Å². The second-order valence-corrected chi connectivity index (χ2v) is 6.76. The largest absolute Gasteiger partial charge is 0.350 e. The number of piperidine rings is 1. The summed E-state index contributed by atoms with van der Waals surface area (Å²) in [5.74, 6) is 0.720. The summed E-state index contributed by atoms with van der Waals surface area (Å²) in [5.41, 5.74) is 3.84. The van der Waals surface area contributed by atoms with E-state index in [9.17, 15) is 4.79 Å². The highest BCUT2D eigenvalue weighted by atomic mass is 16.7. The SMILES string of the molecule is Cc1ccc(CCC(=O)N2CCC(C3OCCO3)CC2)c(C)c1. The van der Waals surface area contributed by atoms with Gasteiger partial charge in [-0.25, -0.2) is 0 Å². The summed E-state index contributed by atoms with van der Waals surface area (Å²) in [4.78, 5) is 14.4. The highest BCUT2D eigenvalue weighted by molar-refractivity contribution is 5.76. The summed E-state index contributed by atoms with van der Waals surface area (Å²) >= 11 is 0. The van der Waals surface area contributed by atoms with Gasteiger partial charge in [-0.2, -0.15) is 0 Å². The molecule has 2 saturated heterocycles. The minimum atomic E-state index is -0.0394. The second kappa shape index (κ2) is 7.45. The fourth-order valence-corrected chi connectivity index (χ4v) is 3.60. The van der Waals surface area contributed by atoms with Crippen LogP contribution in [0.4, 0.5) is 0 Å². The van der Waals surface area contributed by atoms with Crippen molar-refractivity contribution in [3.05, 3.63) is 34.9 Å². The van der Waals surface area contributed by atoms with Crippen LogP contribution in [0.1, 0.15) is 36.0 Å². The van der Waals surface area contributed by atoms with Crippen LogP contribution in [0.3, 0.4) is 0 Å². The lowest BCUT2D eigenvalue weighted by Gasteiger charge is -2.34. The summed E-state index contributed by atoms with van der Waals surface area (Å²) in [6.07, 6.45) is 3.37. The van der Waals surface area contributed by atoms with Crippen molar-refractivity contribution >= 4 is 5.91 Å². The first-order valence-corrected chi connectivity index (χ1v) is 8.70. The highest BCUT2D eigenvalue weighted by Crippen LogP contribution is 2.26.